The molecule has 1 aromatic rings. The van der Waals surface area contributed by atoms with Crippen molar-refractivity contribution in [2.75, 3.05) is 0 Å². The van der Waals surface area contributed by atoms with E-state index in [0.717, 1.165) is 12.0 Å². The Morgan fingerprint density at radius 2 is 1.65 bits per heavy atom. The van der Waals surface area contributed by atoms with Gasteiger partial charge in [-0.15, -0.1) is 0 Å². The van der Waals surface area contributed by atoms with Crippen LogP contribution in [0.5, 0.6) is 0 Å². The fourth-order valence-electron chi connectivity index (χ4n) is 1.46. The lowest BCUT2D eigenvalue weighted by Crippen LogP contribution is -2.27. The Kier molecular flexibility index (Phi) is 4.17. The van der Waals surface area contributed by atoms with Crippen LogP contribution in [0.15, 0.2) is 29.2 Å². The molecule has 0 saturated heterocycles. The van der Waals surface area contributed by atoms with Crippen LogP contribution >= 0.6 is 0 Å². The van der Waals surface area contributed by atoms with Gasteiger partial charge in [-0.25, -0.2) is 0 Å². The van der Waals surface area contributed by atoms with Gasteiger partial charge < -0.3 is 0 Å². The minimum Gasteiger partial charge on any atom is -0.282 e. The van der Waals surface area contributed by atoms with Gasteiger partial charge in [-0.05, 0) is 29.7 Å². The van der Waals surface area contributed by atoms with Gasteiger partial charge in [-0.1, -0.05) is 38.7 Å². The molecule has 3 nitrogen and oxygen atoms in total. The maximum absolute atomic E-state index is 10.9. The van der Waals surface area contributed by atoms with Gasteiger partial charge in [0.25, 0.3) is 10.1 Å². The first kappa shape index (κ1) is 14.4. The van der Waals surface area contributed by atoms with Crippen LogP contribution < -0.4 is 0 Å². The van der Waals surface area contributed by atoms with Gasteiger partial charge in [-0.2, -0.15) is 8.42 Å². The molecule has 0 aliphatic rings. The van der Waals surface area contributed by atoms with Crippen LogP contribution in [0.3, 0.4) is 0 Å². The van der Waals surface area contributed by atoms with Crippen molar-refractivity contribution in [2.45, 2.75) is 43.4 Å². The molecule has 1 rings (SSSR count). The van der Waals surface area contributed by atoms with E-state index < -0.39 is 18.2 Å². The highest BCUT2D eigenvalue weighted by Crippen LogP contribution is 2.25. The van der Waals surface area contributed by atoms with Crippen molar-refractivity contribution in [3.05, 3.63) is 29.8 Å². The summed E-state index contributed by atoms with van der Waals surface area (Å²) in [6.45, 7) is 9.21. The van der Waals surface area contributed by atoms with Crippen LogP contribution in [0.4, 0.5) is 0 Å². The highest BCUT2D eigenvalue weighted by molar-refractivity contribution is 7.85. The van der Waals surface area contributed by atoms with E-state index in [9.17, 15) is 8.42 Å². The minimum absolute atomic E-state index is 0.0399. The monoisotopic (exact) mass is 272 g/mol. The largest absolute Gasteiger partial charge is 0.294 e. The normalized spacial score (nSPS) is 14.6. The molecule has 1 unspecified atom stereocenters. The molecule has 1 atom stereocenters. The summed E-state index contributed by atoms with van der Waals surface area (Å²) in [5.74, 6) is 0. The van der Waals surface area contributed by atoms with Crippen molar-refractivity contribution in [3.63, 3.8) is 0 Å². The maximum atomic E-state index is 10.9. The predicted molar refractivity (Wildman–Crippen MR) is 72.7 cm³/mol. The van der Waals surface area contributed by atoms with E-state index in [2.05, 4.69) is 26.6 Å². The number of rotatable bonds is 4. The zero-order valence-corrected chi connectivity index (χ0v) is 12.6. The molecule has 0 amide bonds. The van der Waals surface area contributed by atoms with Gasteiger partial charge in [0.2, 0.25) is 0 Å². The minimum atomic E-state index is -4.07. The van der Waals surface area contributed by atoms with Gasteiger partial charge in [0, 0.05) is 8.07 Å². The number of hydrogen-bond donors (Lipinski definition) is 1. The average molecular weight is 272 g/mol. The number of hydrogen-bond acceptors (Lipinski definition) is 2. The van der Waals surface area contributed by atoms with Crippen LogP contribution in [-0.4, -0.2) is 21.0 Å². The van der Waals surface area contributed by atoms with E-state index in [-0.39, 0.29) is 4.90 Å². The summed E-state index contributed by atoms with van der Waals surface area (Å²) < 4.78 is 30.6. The molecule has 0 fully saturated rings. The molecular formula is C12H20O3SSi. The Hall–Kier alpha value is -0.653. The first-order valence-corrected chi connectivity index (χ1v) is 10.7. The fourth-order valence-corrected chi connectivity index (χ4v) is 2.79. The zero-order chi connectivity index (χ0) is 13.3. The molecule has 0 aliphatic carbocycles. The van der Waals surface area contributed by atoms with Gasteiger partial charge in [0.15, 0.2) is 0 Å². The molecule has 5 heteroatoms. The lowest BCUT2D eigenvalue weighted by molar-refractivity contribution is 0.483. The molecule has 0 radical (unpaired) electrons. The second-order valence-electron chi connectivity index (χ2n) is 5.59. The summed E-state index contributed by atoms with van der Waals surface area (Å²) in [7, 11) is -5.23. The second-order valence-corrected chi connectivity index (χ2v) is 12.7. The Bertz CT molecular complexity index is 471. The summed E-state index contributed by atoms with van der Waals surface area (Å²) >= 11 is 0. The van der Waals surface area contributed by atoms with Crippen molar-refractivity contribution in [1.82, 2.24) is 0 Å². The summed E-state index contributed by atoms with van der Waals surface area (Å²) in [6.07, 6.45) is 0.960. The molecule has 17 heavy (non-hydrogen) atoms. The Balaban J connectivity index is 2.83. The SMILES string of the molecule is CC(Cc1ccc(S(=O)(=O)O)cc1)[Si](C)(C)C. The van der Waals surface area contributed by atoms with E-state index >= 15 is 0 Å². The van der Waals surface area contributed by atoms with Crippen LogP contribution in [0, 0.1) is 0 Å². The smallest absolute Gasteiger partial charge is 0.282 e. The molecule has 0 aliphatic heterocycles. The van der Waals surface area contributed by atoms with Crippen LogP contribution in [-0.2, 0) is 16.5 Å². The molecule has 96 valence electrons. The summed E-state index contributed by atoms with van der Waals surface area (Å²) in [5.41, 5.74) is 1.76. The van der Waals surface area contributed by atoms with Crippen molar-refractivity contribution in [3.8, 4) is 0 Å². The third-order valence-electron chi connectivity index (χ3n) is 3.24. The van der Waals surface area contributed by atoms with E-state index in [1.54, 1.807) is 12.1 Å². The Morgan fingerprint density at radius 3 is 2.00 bits per heavy atom. The van der Waals surface area contributed by atoms with Crippen molar-refractivity contribution < 1.29 is 13.0 Å². The molecule has 0 saturated carbocycles. The lowest BCUT2D eigenvalue weighted by atomic mass is 10.1. The van der Waals surface area contributed by atoms with Gasteiger partial charge in [0.1, 0.15) is 0 Å². The molecule has 0 bridgehead atoms. The average Bonchev–Trinajstić information content (AvgIpc) is 2.15. The third kappa shape index (κ3) is 4.26. The van der Waals surface area contributed by atoms with E-state index in [1.807, 2.05) is 0 Å². The standard InChI is InChI=1S/C12H20O3SSi/c1-10(17(2,3)4)9-11-5-7-12(8-6-11)16(13,14)15/h5-8,10H,9H2,1-4H3,(H,13,14,15). The maximum Gasteiger partial charge on any atom is 0.294 e. The van der Waals surface area contributed by atoms with Crippen LogP contribution in [0.2, 0.25) is 25.2 Å². The zero-order valence-electron chi connectivity index (χ0n) is 10.8. The number of benzene rings is 1. The Morgan fingerprint density at radius 1 is 1.18 bits per heavy atom. The lowest BCUT2D eigenvalue weighted by Gasteiger charge is -2.25. The predicted octanol–water partition coefficient (Wildman–Crippen LogP) is 3.20. The molecule has 0 spiro atoms. The van der Waals surface area contributed by atoms with Crippen LogP contribution in [0.1, 0.15) is 12.5 Å². The molecule has 0 aromatic heterocycles. The molecular weight excluding hydrogens is 252 g/mol. The van der Waals surface area contributed by atoms with E-state index in [4.69, 9.17) is 4.55 Å². The third-order valence-corrected chi connectivity index (χ3v) is 7.27. The van der Waals surface area contributed by atoms with Gasteiger partial charge >= 0.3 is 0 Å². The Labute approximate surface area is 105 Å². The highest BCUT2D eigenvalue weighted by atomic mass is 32.2. The van der Waals surface area contributed by atoms with Gasteiger partial charge in [0.05, 0.1) is 4.90 Å². The molecule has 1 aromatic carbocycles. The first-order valence-electron chi connectivity index (χ1n) is 5.67. The summed E-state index contributed by atoms with van der Waals surface area (Å²) in [6, 6.07) is 6.47. The van der Waals surface area contributed by atoms with Crippen molar-refractivity contribution in [1.29, 1.82) is 0 Å². The second kappa shape index (κ2) is 4.92. The van der Waals surface area contributed by atoms with Crippen molar-refractivity contribution >= 4 is 18.2 Å². The van der Waals surface area contributed by atoms with Crippen molar-refractivity contribution in [2.24, 2.45) is 0 Å². The highest BCUT2D eigenvalue weighted by Gasteiger charge is 2.22. The fraction of sp³-hybridized carbons (Fsp3) is 0.500. The van der Waals surface area contributed by atoms with Crippen LogP contribution in [0.25, 0.3) is 0 Å². The topological polar surface area (TPSA) is 54.4 Å². The molecule has 1 N–H and O–H groups in total. The molecule has 0 heterocycles. The first-order chi connectivity index (χ1) is 7.60. The quantitative estimate of drug-likeness (QED) is 0.676. The van der Waals surface area contributed by atoms with E-state index in [1.165, 1.54) is 12.1 Å². The summed E-state index contributed by atoms with van der Waals surface area (Å²) in [5, 5.41) is 0. The van der Waals surface area contributed by atoms with Gasteiger partial charge in [-0.3, -0.25) is 4.55 Å². The summed E-state index contributed by atoms with van der Waals surface area (Å²) in [4.78, 5) is -0.0399. The van der Waals surface area contributed by atoms with E-state index in [0.29, 0.717) is 5.54 Å².